The molecule has 0 fully saturated rings. The third kappa shape index (κ3) is 10.3. The molecule has 6 aromatic heterocycles. The number of fused-ring (bicyclic) bond motifs is 16. The molecular formula is C68H44N8O8. The van der Waals surface area contributed by atoms with Crippen LogP contribution in [0.1, 0.15) is 87.0 Å². The summed E-state index contributed by atoms with van der Waals surface area (Å²) in [6.45, 7) is 0. The highest BCUT2D eigenvalue weighted by atomic mass is 16.4. The number of nitrogens with one attached hydrogen (secondary N) is 4. The molecule has 8 N–H and O–H groups in total. The maximum atomic E-state index is 11.8. The van der Waals surface area contributed by atoms with Crippen LogP contribution in [-0.4, -0.2) is 84.2 Å². The number of aromatic amines is 4. The molecule has 0 saturated heterocycles. The highest BCUT2D eigenvalue weighted by Crippen LogP contribution is 2.39. The Hall–Kier alpha value is -12.0. The first-order valence-corrected chi connectivity index (χ1v) is 26.4. The number of aromatic nitrogens is 8. The summed E-state index contributed by atoms with van der Waals surface area (Å²) in [6.07, 6.45) is 15.5. The number of hydrogen-bond donors (Lipinski definition) is 8. The Bertz CT molecular complexity index is 4380. The molecule has 0 aliphatic carbocycles. The van der Waals surface area contributed by atoms with Crippen molar-refractivity contribution in [3.8, 4) is 44.5 Å². The van der Waals surface area contributed by atoms with Gasteiger partial charge in [0, 0.05) is 66.4 Å². The fourth-order valence-corrected chi connectivity index (χ4v) is 10.5. The van der Waals surface area contributed by atoms with Crippen LogP contribution in [-0.2, 0) is 0 Å². The van der Waals surface area contributed by atoms with Gasteiger partial charge < -0.3 is 40.4 Å². The van der Waals surface area contributed by atoms with E-state index >= 15 is 0 Å². The largest absolute Gasteiger partial charge is 0.478 e. The maximum Gasteiger partial charge on any atom is 0.335 e. The second-order valence-corrected chi connectivity index (χ2v) is 19.9. The molecule has 0 saturated carbocycles. The summed E-state index contributed by atoms with van der Waals surface area (Å²) in [7, 11) is 0. The lowest BCUT2D eigenvalue weighted by molar-refractivity contribution is 0.0686. The van der Waals surface area contributed by atoms with E-state index < -0.39 is 23.9 Å². The van der Waals surface area contributed by atoms with Gasteiger partial charge in [-0.2, -0.15) is 0 Å². The molecule has 4 aliphatic heterocycles. The van der Waals surface area contributed by atoms with Crippen LogP contribution in [0.25, 0.3) is 137 Å². The van der Waals surface area contributed by atoms with Crippen LogP contribution in [0.4, 0.5) is 0 Å². The summed E-state index contributed by atoms with van der Waals surface area (Å²) in [5.74, 6) is -4.25. The Labute approximate surface area is 476 Å². The number of benzene rings is 4. The van der Waals surface area contributed by atoms with E-state index in [4.69, 9.17) is 9.97 Å². The average Bonchev–Trinajstić information content (AvgIpc) is 4.52. The topological polar surface area (TPSA) is 264 Å². The predicted molar refractivity (Wildman–Crippen MR) is 327 cm³/mol. The van der Waals surface area contributed by atoms with E-state index in [1.165, 1.54) is 48.5 Å². The van der Waals surface area contributed by atoms with Gasteiger partial charge in [-0.1, -0.05) is 48.5 Å². The normalized spacial score (nSPS) is 12.0. The van der Waals surface area contributed by atoms with Crippen molar-refractivity contribution in [1.82, 2.24) is 39.9 Å². The third-order valence-electron chi connectivity index (χ3n) is 14.5. The van der Waals surface area contributed by atoms with E-state index in [9.17, 15) is 39.6 Å². The summed E-state index contributed by atoms with van der Waals surface area (Å²) in [5.41, 5.74) is 18.6. The first-order valence-electron chi connectivity index (χ1n) is 26.4. The zero-order chi connectivity index (χ0) is 57.6. The van der Waals surface area contributed by atoms with Crippen molar-refractivity contribution in [3.05, 3.63) is 238 Å². The minimum Gasteiger partial charge on any atom is -0.478 e. The lowest BCUT2D eigenvalue weighted by atomic mass is 10.0. The zero-order valence-corrected chi connectivity index (χ0v) is 44.0. The Kier molecular flexibility index (Phi) is 13.0. The first kappa shape index (κ1) is 51.4. The van der Waals surface area contributed by atoms with E-state index in [0.717, 1.165) is 44.8 Å². The number of H-pyrrole nitrogens is 4. The second kappa shape index (κ2) is 21.2. The zero-order valence-electron chi connectivity index (χ0n) is 44.0. The Morgan fingerprint density at radius 1 is 0.262 bits per heavy atom. The van der Waals surface area contributed by atoms with Crippen molar-refractivity contribution in [2.45, 2.75) is 0 Å². The van der Waals surface area contributed by atoms with Gasteiger partial charge in [0.15, 0.2) is 0 Å². The molecule has 0 atom stereocenters. The quantitative estimate of drug-likeness (QED) is 0.0706. The van der Waals surface area contributed by atoms with Crippen molar-refractivity contribution in [2.24, 2.45) is 0 Å². The average molecular weight is 1100 g/mol. The van der Waals surface area contributed by atoms with Gasteiger partial charge in [-0.05, 0) is 192 Å². The lowest BCUT2D eigenvalue weighted by Crippen LogP contribution is -1.96. The molecule has 4 aliphatic rings. The van der Waals surface area contributed by atoms with Gasteiger partial charge in [-0.25, -0.2) is 39.1 Å². The Morgan fingerprint density at radius 3 is 0.774 bits per heavy atom. The van der Waals surface area contributed by atoms with Crippen LogP contribution in [0.3, 0.4) is 0 Å². The SMILES string of the molecule is C1=Cc2cc3ccc(cc4ccc(cc5nc(cc1n2)C=C5)[nH]4)[nH]3.O=C(O)c1ccc(-c2c3nc(c(-c4ccc(C(=O)O)cc4)c4ccc([nH]4)c(-c4ccc(C(=O)O)cc4)c4nc(c(-c5ccc(C(=O)O)cc5)c5ccc2[nH]5)C=C4)C=C3)cc1. The number of nitrogens with zero attached hydrogens (tertiary/aromatic N) is 4. The van der Waals surface area contributed by atoms with Gasteiger partial charge in [0.2, 0.25) is 0 Å². The predicted octanol–water partition coefficient (Wildman–Crippen LogP) is 14.8. The number of carbonyl (C=O) groups is 4. The molecule has 0 unspecified atom stereocenters. The lowest BCUT2D eigenvalue weighted by Gasteiger charge is -2.08. The Morgan fingerprint density at radius 2 is 0.512 bits per heavy atom. The monoisotopic (exact) mass is 1100 g/mol. The smallest absolute Gasteiger partial charge is 0.335 e. The highest BCUT2D eigenvalue weighted by molar-refractivity contribution is 6.01. The summed E-state index contributed by atoms with van der Waals surface area (Å²) >= 11 is 0. The molecule has 4 aromatic carbocycles. The van der Waals surface area contributed by atoms with Crippen LogP contribution in [0.15, 0.2) is 170 Å². The molecule has 404 valence electrons. The van der Waals surface area contributed by atoms with Crippen LogP contribution in [0, 0.1) is 0 Å². The molecule has 16 nitrogen and oxygen atoms in total. The number of carboxylic acid groups (broad SMARTS) is 4. The number of rotatable bonds is 8. The molecule has 16 heteroatoms. The minimum atomic E-state index is -1.06. The summed E-state index contributed by atoms with van der Waals surface area (Å²) in [6, 6.07) is 50.0. The molecular weight excluding hydrogens is 1060 g/mol. The Balaban J connectivity index is 0.000000226. The molecule has 14 rings (SSSR count). The maximum absolute atomic E-state index is 11.8. The van der Waals surface area contributed by atoms with Crippen molar-refractivity contribution >= 4 is 117 Å². The molecule has 10 heterocycles. The molecule has 10 aromatic rings. The van der Waals surface area contributed by atoms with Crippen molar-refractivity contribution in [1.29, 1.82) is 0 Å². The fourth-order valence-electron chi connectivity index (χ4n) is 10.5. The summed E-state index contributed by atoms with van der Waals surface area (Å²) < 4.78 is 0. The summed E-state index contributed by atoms with van der Waals surface area (Å²) in [4.78, 5) is 80.8. The molecule has 0 radical (unpaired) electrons. The number of carboxylic acids is 4. The van der Waals surface area contributed by atoms with Crippen LogP contribution < -0.4 is 0 Å². The van der Waals surface area contributed by atoms with E-state index in [-0.39, 0.29) is 22.3 Å². The molecule has 0 spiro atoms. The van der Waals surface area contributed by atoms with Crippen LogP contribution >= 0.6 is 0 Å². The van der Waals surface area contributed by atoms with E-state index in [2.05, 4.69) is 60.2 Å². The van der Waals surface area contributed by atoms with Gasteiger partial charge in [0.25, 0.3) is 0 Å². The van der Waals surface area contributed by atoms with Gasteiger partial charge >= 0.3 is 23.9 Å². The second-order valence-electron chi connectivity index (χ2n) is 19.9. The first-order chi connectivity index (χ1) is 40.8. The van der Waals surface area contributed by atoms with Gasteiger partial charge in [-0.3, -0.25) is 0 Å². The van der Waals surface area contributed by atoms with Gasteiger partial charge in [-0.15, -0.1) is 0 Å². The van der Waals surface area contributed by atoms with E-state index in [1.54, 1.807) is 48.5 Å². The number of aromatic carboxylic acids is 4. The minimum absolute atomic E-state index is 0.117. The van der Waals surface area contributed by atoms with Crippen molar-refractivity contribution in [3.63, 3.8) is 0 Å². The van der Waals surface area contributed by atoms with E-state index in [1.807, 2.05) is 91.1 Å². The van der Waals surface area contributed by atoms with Crippen molar-refractivity contribution in [2.75, 3.05) is 0 Å². The van der Waals surface area contributed by atoms with Crippen molar-refractivity contribution < 1.29 is 39.6 Å². The van der Waals surface area contributed by atoms with Gasteiger partial charge in [0.1, 0.15) is 0 Å². The molecule has 84 heavy (non-hydrogen) atoms. The van der Waals surface area contributed by atoms with Crippen LogP contribution in [0.2, 0.25) is 0 Å². The standard InChI is InChI=1S/C48H30N4O8.C20H14N4/c53-45(54)29-9-1-25(2-10-29)41-33-17-19-35(49-33)42(26-3-11-30(12-4-26)46(55)56)37-21-23-39(51-37)44(28-7-15-32(16-8-28)48(59)60)40-24-22-38(52-40)43(36-20-18-34(41)50-36)27-5-13-31(14-6-27)47(57)58;1-2-14-10-16-5-6-18(23-16)12-20-8-7-19(24-20)11-17-4-3-15(22-17)9-13(1)21-14/h1-24,49,52H,(H,53,54)(H,55,56)(H,57,58)(H,59,60);1-12,21-22H. The van der Waals surface area contributed by atoms with Crippen LogP contribution in [0.5, 0.6) is 0 Å². The number of hydrogen-bond acceptors (Lipinski definition) is 8. The summed E-state index contributed by atoms with van der Waals surface area (Å²) in [5, 5.41) is 38.7. The van der Waals surface area contributed by atoms with Gasteiger partial charge in [0.05, 0.1) is 67.8 Å². The highest BCUT2D eigenvalue weighted by Gasteiger charge is 2.21. The third-order valence-corrected chi connectivity index (χ3v) is 14.5. The molecule has 0 amide bonds. The molecule has 16 bridgehead atoms. The fraction of sp³-hybridized carbons (Fsp3) is 0. The van der Waals surface area contributed by atoms with E-state index in [0.29, 0.717) is 89.4 Å².